The summed E-state index contributed by atoms with van der Waals surface area (Å²) in [5.41, 5.74) is 0.617. The van der Waals surface area contributed by atoms with E-state index >= 15 is 0 Å². The predicted molar refractivity (Wildman–Crippen MR) is 175 cm³/mol. The van der Waals surface area contributed by atoms with Gasteiger partial charge in [-0.3, -0.25) is 0 Å². The Morgan fingerprint density at radius 2 is 1.09 bits per heavy atom. The Labute approximate surface area is 268 Å². The molecule has 256 valence electrons. The summed E-state index contributed by atoms with van der Waals surface area (Å²) in [6, 6.07) is 0. The van der Waals surface area contributed by atoms with E-state index in [1.54, 1.807) is 0 Å². The maximum atomic E-state index is 11.7. The van der Waals surface area contributed by atoms with E-state index in [-0.39, 0.29) is 42.6 Å². The molecular weight excluding hydrogens is 556 g/mol. The molecule has 3 rings (SSSR count). The van der Waals surface area contributed by atoms with Gasteiger partial charge in [0.05, 0.1) is 42.7 Å². The van der Waals surface area contributed by atoms with Crippen molar-refractivity contribution in [3.05, 3.63) is 11.6 Å². The first-order valence-electron chi connectivity index (χ1n) is 18.6. The molecule has 3 aliphatic heterocycles. The van der Waals surface area contributed by atoms with Gasteiger partial charge in [0.1, 0.15) is 6.10 Å². The second kappa shape index (κ2) is 21.7. The SMILES string of the molecule is CCCCCCCCCC[C@@H](O)[C@@H]1CC[C@@H]([C@@H]2CC[C@@H]([C@@H](O)CCCCCCCCCC[C@@H](O)CC3=C[C@@H](C)OC3=O)O2)O1. The van der Waals surface area contributed by atoms with Crippen molar-refractivity contribution in [1.82, 2.24) is 0 Å². The fraction of sp³-hybridized carbons (Fsp3) is 0.919. The largest absolute Gasteiger partial charge is 0.455 e. The number of hydrogen-bond acceptors (Lipinski definition) is 7. The first-order chi connectivity index (χ1) is 21.4. The zero-order valence-corrected chi connectivity index (χ0v) is 28.1. The number of esters is 1. The molecule has 2 saturated heterocycles. The Balaban J connectivity index is 1.13. The lowest BCUT2D eigenvalue weighted by molar-refractivity contribution is -0.139. The minimum atomic E-state index is -0.463. The Morgan fingerprint density at radius 3 is 1.52 bits per heavy atom. The van der Waals surface area contributed by atoms with Crippen LogP contribution in [0, 0.1) is 0 Å². The van der Waals surface area contributed by atoms with Crippen molar-refractivity contribution >= 4 is 5.97 Å². The Bertz CT molecular complexity index is 801. The smallest absolute Gasteiger partial charge is 0.334 e. The zero-order valence-electron chi connectivity index (χ0n) is 28.1. The first-order valence-corrected chi connectivity index (χ1v) is 18.6. The molecule has 3 heterocycles. The van der Waals surface area contributed by atoms with Gasteiger partial charge in [0, 0.05) is 12.0 Å². The van der Waals surface area contributed by atoms with Gasteiger partial charge in [-0.1, -0.05) is 110 Å². The molecule has 0 amide bonds. The van der Waals surface area contributed by atoms with E-state index in [9.17, 15) is 20.1 Å². The summed E-state index contributed by atoms with van der Waals surface area (Å²) < 4.78 is 17.7. The number of cyclic esters (lactones) is 1. The van der Waals surface area contributed by atoms with Gasteiger partial charge in [-0.05, 0) is 57.9 Å². The van der Waals surface area contributed by atoms with Crippen molar-refractivity contribution in [3.63, 3.8) is 0 Å². The molecule has 7 heteroatoms. The molecule has 2 fully saturated rings. The topological polar surface area (TPSA) is 105 Å². The number of carbonyl (C=O) groups excluding carboxylic acids is 1. The number of unbranched alkanes of at least 4 members (excludes halogenated alkanes) is 14. The number of rotatable bonds is 25. The fourth-order valence-corrected chi connectivity index (χ4v) is 7.28. The van der Waals surface area contributed by atoms with Crippen LogP contribution in [0.4, 0.5) is 0 Å². The Morgan fingerprint density at radius 1 is 0.659 bits per heavy atom. The first kappa shape index (κ1) is 37.5. The van der Waals surface area contributed by atoms with Crippen molar-refractivity contribution in [2.24, 2.45) is 0 Å². The van der Waals surface area contributed by atoms with E-state index in [1.807, 2.05) is 13.0 Å². The standard InChI is InChI=1S/C37H66O7/c1-3-4-5-6-7-11-14-17-20-31(39)33-22-24-35(43-33)36-25-23-34(44-36)32(40)21-18-15-12-9-8-10-13-16-19-30(38)27-29-26-28(2)42-37(29)41/h26,28,30-36,38-40H,3-25,27H2,1-2H3/t28-,30-,31-,32+,33+,34+,35+,36+/m1/s1. The molecule has 44 heavy (non-hydrogen) atoms. The third kappa shape index (κ3) is 14.2. The number of aliphatic hydroxyl groups excluding tert-OH is 3. The van der Waals surface area contributed by atoms with Crippen LogP contribution in [0.3, 0.4) is 0 Å². The average Bonchev–Trinajstić information content (AvgIpc) is 3.75. The van der Waals surface area contributed by atoms with Crippen molar-refractivity contribution < 1.29 is 34.3 Å². The monoisotopic (exact) mass is 622 g/mol. The van der Waals surface area contributed by atoms with E-state index in [0.717, 1.165) is 77.0 Å². The summed E-state index contributed by atoms with van der Waals surface area (Å²) in [7, 11) is 0. The fourth-order valence-electron chi connectivity index (χ4n) is 7.28. The van der Waals surface area contributed by atoms with Crippen LogP contribution in [-0.4, -0.2) is 70.1 Å². The second-order valence-corrected chi connectivity index (χ2v) is 14.0. The van der Waals surface area contributed by atoms with Gasteiger partial charge in [0.15, 0.2) is 0 Å². The molecule has 7 nitrogen and oxygen atoms in total. The zero-order chi connectivity index (χ0) is 31.6. The Kier molecular flexibility index (Phi) is 18.5. The molecule has 0 saturated carbocycles. The lowest BCUT2D eigenvalue weighted by atomic mass is 10.00. The molecule has 0 spiro atoms. The summed E-state index contributed by atoms with van der Waals surface area (Å²) >= 11 is 0. The van der Waals surface area contributed by atoms with Gasteiger partial charge in [-0.15, -0.1) is 0 Å². The molecular formula is C37H66O7. The maximum Gasteiger partial charge on any atom is 0.334 e. The summed E-state index contributed by atoms with van der Waals surface area (Å²) in [4.78, 5) is 11.7. The molecule has 0 aromatic heterocycles. The molecule has 3 aliphatic rings. The van der Waals surface area contributed by atoms with Crippen LogP contribution in [0.2, 0.25) is 0 Å². The van der Waals surface area contributed by atoms with Crippen molar-refractivity contribution in [2.45, 2.75) is 217 Å². The number of ether oxygens (including phenoxy) is 3. The maximum absolute atomic E-state index is 11.7. The highest BCUT2D eigenvalue weighted by atomic mass is 16.6. The normalized spacial score (nSPS) is 27.4. The molecule has 0 radical (unpaired) electrons. The highest BCUT2D eigenvalue weighted by molar-refractivity contribution is 5.90. The second-order valence-electron chi connectivity index (χ2n) is 14.0. The highest BCUT2D eigenvalue weighted by Gasteiger charge is 2.40. The van der Waals surface area contributed by atoms with Crippen LogP contribution >= 0.6 is 0 Å². The molecule has 0 aliphatic carbocycles. The van der Waals surface area contributed by atoms with Crippen LogP contribution in [0.1, 0.15) is 168 Å². The van der Waals surface area contributed by atoms with E-state index < -0.39 is 12.2 Å². The highest BCUT2D eigenvalue weighted by Crippen LogP contribution is 2.34. The van der Waals surface area contributed by atoms with Gasteiger partial charge in [-0.2, -0.15) is 0 Å². The third-order valence-corrected chi connectivity index (χ3v) is 10.0. The average molecular weight is 623 g/mol. The van der Waals surface area contributed by atoms with Crippen molar-refractivity contribution in [1.29, 1.82) is 0 Å². The molecule has 0 bridgehead atoms. The van der Waals surface area contributed by atoms with Gasteiger partial charge in [0.25, 0.3) is 0 Å². The lowest BCUT2D eigenvalue weighted by Gasteiger charge is -2.24. The van der Waals surface area contributed by atoms with E-state index in [1.165, 1.54) is 70.6 Å². The minimum absolute atomic E-state index is 0.0519. The molecule has 3 N–H and O–H groups in total. The molecule has 0 aromatic rings. The lowest BCUT2D eigenvalue weighted by Crippen LogP contribution is -2.33. The summed E-state index contributed by atoms with van der Waals surface area (Å²) in [6.45, 7) is 4.09. The molecule has 0 unspecified atom stereocenters. The van der Waals surface area contributed by atoms with Crippen molar-refractivity contribution in [3.8, 4) is 0 Å². The van der Waals surface area contributed by atoms with Crippen LogP contribution in [0.25, 0.3) is 0 Å². The van der Waals surface area contributed by atoms with Crippen LogP contribution in [0.15, 0.2) is 11.6 Å². The van der Waals surface area contributed by atoms with E-state index in [0.29, 0.717) is 12.0 Å². The van der Waals surface area contributed by atoms with Crippen LogP contribution in [0.5, 0.6) is 0 Å². The number of aliphatic hydroxyl groups is 3. The molecule has 8 atom stereocenters. The van der Waals surface area contributed by atoms with Gasteiger partial charge < -0.3 is 29.5 Å². The number of hydrogen-bond donors (Lipinski definition) is 3. The summed E-state index contributed by atoms with van der Waals surface area (Å²) in [6.07, 6.45) is 26.1. The van der Waals surface area contributed by atoms with E-state index in [2.05, 4.69) is 6.92 Å². The van der Waals surface area contributed by atoms with Gasteiger partial charge >= 0.3 is 5.97 Å². The van der Waals surface area contributed by atoms with Crippen LogP contribution in [-0.2, 0) is 19.0 Å². The third-order valence-electron chi connectivity index (χ3n) is 10.0. The molecule has 0 aromatic carbocycles. The van der Waals surface area contributed by atoms with Gasteiger partial charge in [0.2, 0.25) is 0 Å². The Hall–Kier alpha value is -0.990. The quantitative estimate of drug-likeness (QED) is 0.0703. The summed E-state index contributed by atoms with van der Waals surface area (Å²) in [5, 5.41) is 31.6. The van der Waals surface area contributed by atoms with Gasteiger partial charge in [-0.25, -0.2) is 4.79 Å². The minimum Gasteiger partial charge on any atom is -0.455 e. The van der Waals surface area contributed by atoms with Crippen molar-refractivity contribution in [2.75, 3.05) is 0 Å². The summed E-state index contributed by atoms with van der Waals surface area (Å²) in [5.74, 6) is -0.281. The van der Waals surface area contributed by atoms with E-state index in [4.69, 9.17) is 14.2 Å². The van der Waals surface area contributed by atoms with Crippen LogP contribution < -0.4 is 0 Å². The number of carbonyl (C=O) groups is 1. The predicted octanol–water partition coefficient (Wildman–Crippen LogP) is 7.86.